The molecule has 0 unspecified atom stereocenters. The quantitative estimate of drug-likeness (QED) is 0.852. The van der Waals surface area contributed by atoms with E-state index in [1.165, 1.54) is 4.57 Å². The average Bonchev–Trinajstić information content (AvgIpc) is 2.45. The van der Waals surface area contributed by atoms with Crippen molar-refractivity contribution in [2.75, 3.05) is 5.32 Å². The number of carbonyl (C=O) groups is 2. The van der Waals surface area contributed by atoms with Crippen molar-refractivity contribution in [2.24, 2.45) is 5.73 Å². The van der Waals surface area contributed by atoms with Crippen molar-refractivity contribution in [3.8, 4) is 0 Å². The van der Waals surface area contributed by atoms with Crippen molar-refractivity contribution in [1.29, 1.82) is 0 Å². The fourth-order valence-corrected chi connectivity index (χ4v) is 2.70. The number of nitrogens with zero attached hydrogens (tertiary/aromatic N) is 1. The Morgan fingerprint density at radius 3 is 2.52 bits per heavy atom. The number of nitrogens with one attached hydrogen (secondary N) is 1. The van der Waals surface area contributed by atoms with Crippen molar-refractivity contribution < 1.29 is 9.59 Å². The molecule has 7 heteroatoms. The molecule has 6 nitrogen and oxygen atoms in total. The van der Waals surface area contributed by atoms with Gasteiger partial charge in [0, 0.05) is 10.2 Å². The monoisotopic (exact) mass is 377 g/mol. The number of aryl methyl sites for hydroxylation is 2. The first-order valence-corrected chi connectivity index (χ1v) is 7.65. The van der Waals surface area contributed by atoms with E-state index in [-0.39, 0.29) is 18.0 Å². The third-order valence-corrected chi connectivity index (χ3v) is 4.09. The van der Waals surface area contributed by atoms with Crippen molar-refractivity contribution in [2.45, 2.75) is 20.4 Å². The van der Waals surface area contributed by atoms with Crippen LogP contribution in [-0.4, -0.2) is 16.4 Å². The fraction of sp³-hybridized carbons (Fsp3) is 0.188. The molecule has 0 bridgehead atoms. The number of aromatic nitrogens is 1. The maximum atomic E-state index is 12.4. The molecule has 23 heavy (non-hydrogen) atoms. The third-order valence-electron chi connectivity index (χ3n) is 3.40. The van der Waals surface area contributed by atoms with Gasteiger partial charge in [0.2, 0.25) is 5.91 Å². The number of halogens is 1. The summed E-state index contributed by atoms with van der Waals surface area (Å²) in [5, 5.41) is 2.71. The van der Waals surface area contributed by atoms with Gasteiger partial charge in [0.1, 0.15) is 12.1 Å². The number of amides is 2. The first-order valence-electron chi connectivity index (χ1n) is 6.86. The van der Waals surface area contributed by atoms with Crippen LogP contribution >= 0.6 is 15.9 Å². The van der Waals surface area contributed by atoms with Gasteiger partial charge in [-0.05, 0) is 53.5 Å². The zero-order chi connectivity index (χ0) is 17.1. The fourth-order valence-electron chi connectivity index (χ4n) is 2.32. The largest absolute Gasteiger partial charge is 0.365 e. The first-order chi connectivity index (χ1) is 10.8. The third kappa shape index (κ3) is 3.68. The Balaban J connectivity index is 2.32. The lowest BCUT2D eigenvalue weighted by Gasteiger charge is -2.13. The molecule has 2 amide bonds. The second-order valence-corrected chi connectivity index (χ2v) is 5.98. The van der Waals surface area contributed by atoms with Gasteiger partial charge in [-0.2, -0.15) is 0 Å². The molecule has 0 aliphatic heterocycles. The highest BCUT2D eigenvalue weighted by atomic mass is 79.9. The van der Waals surface area contributed by atoms with Gasteiger partial charge in [0.15, 0.2) is 0 Å². The molecule has 0 radical (unpaired) electrons. The Morgan fingerprint density at radius 2 is 1.91 bits per heavy atom. The van der Waals surface area contributed by atoms with E-state index in [1.807, 2.05) is 6.07 Å². The highest BCUT2D eigenvalue weighted by Gasteiger charge is 2.17. The summed E-state index contributed by atoms with van der Waals surface area (Å²) in [5.74, 6) is -1.17. The SMILES string of the molecule is Cc1cc(C)n(CC(=O)Nc2ccccc2Br)c(=O)c1C(N)=O. The van der Waals surface area contributed by atoms with Gasteiger partial charge in [-0.1, -0.05) is 12.1 Å². The predicted octanol–water partition coefficient (Wildman–Crippen LogP) is 1.97. The Kier molecular flexibility index (Phi) is 5.00. The summed E-state index contributed by atoms with van der Waals surface area (Å²) >= 11 is 3.33. The van der Waals surface area contributed by atoms with Crippen LogP contribution in [0.2, 0.25) is 0 Å². The molecule has 1 heterocycles. The number of nitrogens with two attached hydrogens (primary N) is 1. The maximum Gasteiger partial charge on any atom is 0.264 e. The standard InChI is InChI=1S/C16H16BrN3O3/c1-9-7-10(2)20(16(23)14(9)15(18)22)8-13(21)19-12-6-4-3-5-11(12)17/h3-7H,8H2,1-2H3,(H2,18,22)(H,19,21). The lowest BCUT2D eigenvalue weighted by molar-refractivity contribution is -0.116. The van der Waals surface area contributed by atoms with Crippen LogP contribution in [0.5, 0.6) is 0 Å². The molecule has 120 valence electrons. The van der Waals surface area contributed by atoms with E-state index in [2.05, 4.69) is 21.2 Å². The van der Waals surface area contributed by atoms with Crippen LogP contribution in [0.1, 0.15) is 21.6 Å². The number of hydrogen-bond donors (Lipinski definition) is 2. The topological polar surface area (TPSA) is 94.2 Å². The lowest BCUT2D eigenvalue weighted by Crippen LogP contribution is -2.35. The minimum absolute atomic E-state index is 0.0932. The van der Waals surface area contributed by atoms with Crippen LogP contribution in [0.3, 0.4) is 0 Å². The molecule has 2 rings (SSSR count). The van der Waals surface area contributed by atoms with Crippen molar-refractivity contribution in [1.82, 2.24) is 4.57 Å². The van der Waals surface area contributed by atoms with E-state index in [0.29, 0.717) is 16.9 Å². The average molecular weight is 378 g/mol. The van der Waals surface area contributed by atoms with E-state index in [0.717, 1.165) is 4.47 Å². The van der Waals surface area contributed by atoms with Gasteiger partial charge in [-0.3, -0.25) is 14.4 Å². The number of para-hydroxylation sites is 1. The number of hydrogen-bond acceptors (Lipinski definition) is 3. The van der Waals surface area contributed by atoms with E-state index in [4.69, 9.17) is 5.73 Å². The normalized spacial score (nSPS) is 10.4. The molecule has 1 aromatic carbocycles. The van der Waals surface area contributed by atoms with Gasteiger partial charge >= 0.3 is 0 Å². The van der Waals surface area contributed by atoms with E-state index >= 15 is 0 Å². The first kappa shape index (κ1) is 17.0. The summed E-state index contributed by atoms with van der Waals surface area (Å²) in [6.07, 6.45) is 0. The number of rotatable bonds is 4. The predicted molar refractivity (Wildman–Crippen MR) is 91.5 cm³/mol. The van der Waals surface area contributed by atoms with E-state index in [9.17, 15) is 14.4 Å². The van der Waals surface area contributed by atoms with Crippen LogP contribution in [0.4, 0.5) is 5.69 Å². The van der Waals surface area contributed by atoms with E-state index < -0.39 is 11.5 Å². The van der Waals surface area contributed by atoms with Crippen LogP contribution in [0, 0.1) is 13.8 Å². The Hall–Kier alpha value is -2.41. The molecule has 2 aromatic rings. The molecule has 0 fully saturated rings. The molecule has 0 aliphatic carbocycles. The highest BCUT2D eigenvalue weighted by Crippen LogP contribution is 2.21. The summed E-state index contributed by atoms with van der Waals surface area (Å²) in [5.41, 5.74) is 6.29. The summed E-state index contributed by atoms with van der Waals surface area (Å²) in [6, 6.07) is 8.81. The number of pyridine rings is 1. The van der Waals surface area contributed by atoms with Crippen LogP contribution < -0.4 is 16.6 Å². The van der Waals surface area contributed by atoms with Gasteiger partial charge < -0.3 is 15.6 Å². The van der Waals surface area contributed by atoms with Gasteiger partial charge in [-0.25, -0.2) is 0 Å². The minimum atomic E-state index is -0.799. The number of primary amides is 1. The van der Waals surface area contributed by atoms with Gasteiger partial charge in [-0.15, -0.1) is 0 Å². The highest BCUT2D eigenvalue weighted by molar-refractivity contribution is 9.10. The zero-order valence-corrected chi connectivity index (χ0v) is 14.3. The summed E-state index contributed by atoms with van der Waals surface area (Å²) in [6.45, 7) is 3.14. The molecular formula is C16H16BrN3O3. The molecule has 1 aromatic heterocycles. The smallest absolute Gasteiger partial charge is 0.264 e. The van der Waals surface area contributed by atoms with Crippen LogP contribution in [0.15, 0.2) is 39.6 Å². The number of carbonyl (C=O) groups excluding carboxylic acids is 2. The van der Waals surface area contributed by atoms with E-state index in [1.54, 1.807) is 38.1 Å². The maximum absolute atomic E-state index is 12.4. The Bertz CT molecular complexity index is 843. The second kappa shape index (κ2) is 6.78. The molecule has 3 N–H and O–H groups in total. The molecule has 0 atom stereocenters. The summed E-state index contributed by atoms with van der Waals surface area (Å²) in [4.78, 5) is 36.0. The zero-order valence-electron chi connectivity index (χ0n) is 12.7. The lowest BCUT2D eigenvalue weighted by atomic mass is 10.1. The minimum Gasteiger partial charge on any atom is -0.365 e. The Morgan fingerprint density at radius 1 is 1.26 bits per heavy atom. The van der Waals surface area contributed by atoms with Gasteiger partial charge in [0.05, 0.1) is 5.69 Å². The second-order valence-electron chi connectivity index (χ2n) is 5.13. The van der Waals surface area contributed by atoms with Crippen molar-refractivity contribution in [3.63, 3.8) is 0 Å². The van der Waals surface area contributed by atoms with Crippen LogP contribution in [0.25, 0.3) is 0 Å². The summed E-state index contributed by atoms with van der Waals surface area (Å²) < 4.78 is 1.97. The molecule has 0 aliphatic rings. The molecular weight excluding hydrogens is 362 g/mol. The number of anilines is 1. The van der Waals surface area contributed by atoms with Crippen LogP contribution in [-0.2, 0) is 11.3 Å². The Labute approximate surface area is 141 Å². The van der Waals surface area contributed by atoms with Gasteiger partial charge in [0.25, 0.3) is 11.5 Å². The van der Waals surface area contributed by atoms with Crippen molar-refractivity contribution in [3.05, 3.63) is 62.0 Å². The summed E-state index contributed by atoms with van der Waals surface area (Å²) in [7, 11) is 0. The molecule has 0 saturated heterocycles. The molecule has 0 saturated carbocycles. The molecule has 0 spiro atoms. The number of benzene rings is 1. The van der Waals surface area contributed by atoms with Crippen molar-refractivity contribution >= 4 is 33.4 Å².